The summed E-state index contributed by atoms with van der Waals surface area (Å²) in [5, 5.41) is 8.98. The van der Waals surface area contributed by atoms with Crippen molar-refractivity contribution in [3.8, 4) is 0 Å². The smallest absolute Gasteiger partial charge is 0.325 e. The molecule has 0 amide bonds. The van der Waals surface area contributed by atoms with E-state index in [1.165, 1.54) is 0 Å². The van der Waals surface area contributed by atoms with E-state index in [0.29, 0.717) is 12.8 Å². The first-order valence-corrected chi connectivity index (χ1v) is 7.35. The van der Waals surface area contributed by atoms with Crippen molar-refractivity contribution in [3.05, 3.63) is 27.0 Å². The third kappa shape index (κ3) is 2.62. The Kier molecular flexibility index (Phi) is 3.88. The van der Waals surface area contributed by atoms with Crippen LogP contribution in [0, 0.1) is 0 Å². The molecule has 0 unspecified atom stereocenters. The van der Waals surface area contributed by atoms with Crippen molar-refractivity contribution in [2.75, 3.05) is 13.2 Å². The van der Waals surface area contributed by atoms with Crippen LogP contribution in [0.25, 0.3) is 0 Å². The van der Waals surface area contributed by atoms with Gasteiger partial charge in [-0.2, -0.15) is 4.31 Å². The van der Waals surface area contributed by atoms with Gasteiger partial charge in [0.2, 0.25) is 10.0 Å². The van der Waals surface area contributed by atoms with Gasteiger partial charge in [0, 0.05) is 18.8 Å². The third-order valence-corrected chi connectivity index (χ3v) is 5.13. The van der Waals surface area contributed by atoms with Crippen LogP contribution < -0.4 is 11.2 Å². The molecule has 106 valence electrons. The molecule has 1 aromatic heterocycles. The molecule has 19 heavy (non-hydrogen) atoms. The third-order valence-electron chi connectivity index (χ3n) is 3.17. The zero-order valence-electron chi connectivity index (χ0n) is 10.1. The molecule has 1 aliphatic carbocycles. The summed E-state index contributed by atoms with van der Waals surface area (Å²) in [6, 6.07) is -0.191. The zero-order valence-corrected chi connectivity index (χ0v) is 10.9. The van der Waals surface area contributed by atoms with Gasteiger partial charge < -0.3 is 10.1 Å². The van der Waals surface area contributed by atoms with Crippen LogP contribution in [0.3, 0.4) is 0 Å². The van der Waals surface area contributed by atoms with E-state index in [0.717, 1.165) is 16.9 Å². The molecule has 9 heteroatoms. The molecule has 0 aliphatic heterocycles. The van der Waals surface area contributed by atoms with Crippen molar-refractivity contribution in [1.82, 2.24) is 14.3 Å². The van der Waals surface area contributed by atoms with Gasteiger partial charge in [-0.1, -0.05) is 6.42 Å². The van der Waals surface area contributed by atoms with E-state index in [2.05, 4.69) is 4.98 Å². The summed E-state index contributed by atoms with van der Waals surface area (Å²) in [5.41, 5.74) is -1.72. The van der Waals surface area contributed by atoms with Crippen molar-refractivity contribution in [2.45, 2.75) is 30.2 Å². The predicted octanol–water partition coefficient (Wildman–Crippen LogP) is -1.40. The lowest BCUT2D eigenvalue weighted by atomic mass is 9.93. The second-order valence-electron chi connectivity index (χ2n) is 4.36. The van der Waals surface area contributed by atoms with Gasteiger partial charge in [0.05, 0.1) is 6.61 Å². The summed E-state index contributed by atoms with van der Waals surface area (Å²) in [5.74, 6) is 0. The van der Waals surface area contributed by atoms with Crippen LogP contribution in [0.15, 0.2) is 20.7 Å². The van der Waals surface area contributed by atoms with Gasteiger partial charge in [-0.15, -0.1) is 0 Å². The number of aliphatic hydroxyl groups is 1. The van der Waals surface area contributed by atoms with Crippen molar-refractivity contribution in [2.24, 2.45) is 0 Å². The lowest BCUT2D eigenvalue weighted by Gasteiger charge is -2.35. The van der Waals surface area contributed by atoms with Crippen molar-refractivity contribution in [1.29, 1.82) is 0 Å². The van der Waals surface area contributed by atoms with Crippen LogP contribution in [0.2, 0.25) is 0 Å². The molecule has 2 rings (SSSR count). The minimum absolute atomic E-state index is 0.0639. The highest BCUT2D eigenvalue weighted by molar-refractivity contribution is 7.89. The SMILES string of the molecule is O=c1[nH]cc(S(=O)(=O)N(CCO)C2CCC2)c(=O)[nH]1. The number of hydrogen-bond acceptors (Lipinski definition) is 5. The number of aliphatic hydroxyl groups excluding tert-OH is 1. The first-order chi connectivity index (χ1) is 8.96. The Bertz CT molecular complexity index is 658. The molecule has 0 radical (unpaired) electrons. The number of rotatable bonds is 5. The summed E-state index contributed by atoms with van der Waals surface area (Å²) in [6.45, 7) is -0.386. The molecule has 8 nitrogen and oxygen atoms in total. The number of nitrogens with one attached hydrogen (secondary N) is 2. The Morgan fingerprint density at radius 3 is 2.53 bits per heavy atom. The first kappa shape index (κ1) is 14.0. The minimum Gasteiger partial charge on any atom is -0.395 e. The monoisotopic (exact) mass is 289 g/mol. The van der Waals surface area contributed by atoms with Crippen molar-refractivity contribution in [3.63, 3.8) is 0 Å². The highest BCUT2D eigenvalue weighted by atomic mass is 32.2. The lowest BCUT2D eigenvalue weighted by Crippen LogP contribution is -2.47. The fraction of sp³-hybridized carbons (Fsp3) is 0.600. The van der Waals surface area contributed by atoms with E-state index in [1.54, 1.807) is 0 Å². The fourth-order valence-corrected chi connectivity index (χ4v) is 3.66. The summed E-state index contributed by atoms with van der Waals surface area (Å²) in [7, 11) is -4.01. The molecule has 0 bridgehead atoms. The number of H-pyrrole nitrogens is 2. The molecule has 0 atom stereocenters. The minimum atomic E-state index is -4.01. The van der Waals surface area contributed by atoms with Gasteiger partial charge in [-0.25, -0.2) is 13.2 Å². The van der Waals surface area contributed by atoms with Crippen LogP contribution in [0.5, 0.6) is 0 Å². The summed E-state index contributed by atoms with van der Waals surface area (Å²) in [6.07, 6.45) is 3.23. The number of sulfonamides is 1. The number of nitrogens with zero attached hydrogens (tertiary/aromatic N) is 1. The van der Waals surface area contributed by atoms with Gasteiger partial charge in [-0.3, -0.25) is 9.78 Å². The second kappa shape index (κ2) is 5.27. The van der Waals surface area contributed by atoms with Crippen molar-refractivity contribution >= 4 is 10.0 Å². The quantitative estimate of drug-likeness (QED) is 0.615. The van der Waals surface area contributed by atoms with Crippen LogP contribution in [-0.2, 0) is 10.0 Å². The standard InChI is InChI=1S/C10H15N3O5S/c14-5-4-13(7-2-1-3-7)19(17,18)8-6-11-10(16)12-9(8)15/h6-7,14H,1-5H2,(H2,11,12,15,16). The van der Waals surface area contributed by atoms with Gasteiger partial charge in [0.1, 0.15) is 0 Å². The Labute approximate surface area is 109 Å². The largest absolute Gasteiger partial charge is 0.395 e. The number of aromatic nitrogens is 2. The number of hydrogen-bond donors (Lipinski definition) is 3. The molecule has 1 aliphatic rings. The summed E-state index contributed by atoms with van der Waals surface area (Å²) >= 11 is 0. The van der Waals surface area contributed by atoms with E-state index in [4.69, 9.17) is 5.11 Å². The second-order valence-corrected chi connectivity index (χ2v) is 6.22. The van der Waals surface area contributed by atoms with Crippen LogP contribution in [-0.4, -0.2) is 47.0 Å². The average molecular weight is 289 g/mol. The zero-order chi connectivity index (χ0) is 14.0. The molecule has 1 fully saturated rings. The number of aromatic amines is 2. The highest BCUT2D eigenvalue weighted by Crippen LogP contribution is 2.28. The first-order valence-electron chi connectivity index (χ1n) is 5.91. The van der Waals surface area contributed by atoms with E-state index in [1.807, 2.05) is 4.98 Å². The fourth-order valence-electron chi connectivity index (χ4n) is 1.99. The maximum absolute atomic E-state index is 12.4. The molecular weight excluding hydrogens is 274 g/mol. The van der Waals surface area contributed by atoms with Gasteiger partial charge in [0.25, 0.3) is 5.56 Å². The molecule has 1 heterocycles. The Morgan fingerprint density at radius 1 is 1.37 bits per heavy atom. The molecule has 0 saturated heterocycles. The normalized spacial score (nSPS) is 16.5. The van der Waals surface area contributed by atoms with Crippen LogP contribution in [0.4, 0.5) is 0 Å². The van der Waals surface area contributed by atoms with E-state index < -0.39 is 26.2 Å². The van der Waals surface area contributed by atoms with Crippen LogP contribution in [0.1, 0.15) is 19.3 Å². The van der Waals surface area contributed by atoms with Crippen molar-refractivity contribution < 1.29 is 13.5 Å². The Morgan fingerprint density at radius 2 is 2.05 bits per heavy atom. The van der Waals surface area contributed by atoms with E-state index >= 15 is 0 Å². The highest BCUT2D eigenvalue weighted by Gasteiger charge is 2.35. The van der Waals surface area contributed by atoms with E-state index in [-0.39, 0.29) is 19.2 Å². The molecule has 0 aromatic carbocycles. The Hall–Kier alpha value is -1.45. The maximum Gasteiger partial charge on any atom is 0.325 e. The van der Waals surface area contributed by atoms with Gasteiger partial charge >= 0.3 is 5.69 Å². The summed E-state index contributed by atoms with van der Waals surface area (Å²) in [4.78, 5) is 26.0. The van der Waals surface area contributed by atoms with Gasteiger partial charge in [0.15, 0.2) is 4.90 Å². The maximum atomic E-state index is 12.4. The molecule has 3 N–H and O–H groups in total. The summed E-state index contributed by atoms with van der Waals surface area (Å²) < 4.78 is 25.8. The molecule has 0 spiro atoms. The molecule has 1 saturated carbocycles. The topological polar surface area (TPSA) is 123 Å². The Balaban J connectivity index is 2.44. The van der Waals surface area contributed by atoms with E-state index in [9.17, 15) is 18.0 Å². The molecule has 1 aromatic rings. The van der Waals surface area contributed by atoms with Gasteiger partial charge in [-0.05, 0) is 12.8 Å². The predicted molar refractivity (Wildman–Crippen MR) is 66.3 cm³/mol. The molecular formula is C10H15N3O5S. The lowest BCUT2D eigenvalue weighted by molar-refractivity contribution is 0.178. The average Bonchev–Trinajstić information content (AvgIpc) is 2.25. The van der Waals surface area contributed by atoms with Crippen LogP contribution >= 0.6 is 0 Å².